The summed E-state index contributed by atoms with van der Waals surface area (Å²) in [4.78, 5) is 3.38. The van der Waals surface area contributed by atoms with Crippen LogP contribution in [0.4, 0.5) is 0 Å². The number of aromatic nitrogens is 1. The Bertz CT molecular complexity index is 553. The summed E-state index contributed by atoms with van der Waals surface area (Å²) < 4.78 is 0. The van der Waals surface area contributed by atoms with Crippen LogP contribution in [0.3, 0.4) is 0 Å². The molecule has 3 rings (SSSR count). The summed E-state index contributed by atoms with van der Waals surface area (Å²) in [6.07, 6.45) is 8.80. The second kappa shape index (κ2) is 4.77. The van der Waals surface area contributed by atoms with E-state index >= 15 is 0 Å². The van der Waals surface area contributed by atoms with Crippen LogP contribution in [0, 0.1) is 0 Å². The second-order valence-corrected chi connectivity index (χ2v) is 5.58. The van der Waals surface area contributed by atoms with E-state index in [1.807, 2.05) is 6.92 Å². The van der Waals surface area contributed by atoms with Crippen LogP contribution in [0.15, 0.2) is 18.3 Å². The van der Waals surface area contributed by atoms with E-state index in [0.717, 1.165) is 12.8 Å². The summed E-state index contributed by atoms with van der Waals surface area (Å²) in [5.41, 5.74) is 5.67. The molecule has 0 fully saturated rings. The standard InChI is InChI=1S/C16H21NO/c1-11(18)6-7-14-10-17-16-9-13-5-3-2-4-12(13)8-15(14)16/h8-11,17-18H,2-7H2,1H3. The molecule has 2 nitrogen and oxygen atoms in total. The lowest BCUT2D eigenvalue weighted by atomic mass is 9.90. The van der Waals surface area contributed by atoms with Gasteiger partial charge in [0.25, 0.3) is 0 Å². The summed E-state index contributed by atoms with van der Waals surface area (Å²) in [5.74, 6) is 0. The van der Waals surface area contributed by atoms with Crippen molar-refractivity contribution in [2.75, 3.05) is 0 Å². The molecule has 1 aliphatic carbocycles. The van der Waals surface area contributed by atoms with Crippen molar-refractivity contribution in [3.63, 3.8) is 0 Å². The van der Waals surface area contributed by atoms with Gasteiger partial charge in [-0.3, -0.25) is 0 Å². The third kappa shape index (κ3) is 2.17. The van der Waals surface area contributed by atoms with Crippen molar-refractivity contribution in [2.45, 2.75) is 51.6 Å². The van der Waals surface area contributed by atoms with E-state index in [9.17, 15) is 5.11 Å². The molecule has 2 heteroatoms. The number of aliphatic hydroxyl groups excluding tert-OH is 1. The highest BCUT2D eigenvalue weighted by Crippen LogP contribution is 2.28. The van der Waals surface area contributed by atoms with Crippen LogP contribution in [0.2, 0.25) is 0 Å². The van der Waals surface area contributed by atoms with Crippen LogP contribution in [0.25, 0.3) is 10.9 Å². The molecule has 1 unspecified atom stereocenters. The lowest BCUT2D eigenvalue weighted by Gasteiger charge is -2.15. The van der Waals surface area contributed by atoms with Gasteiger partial charge in [-0.25, -0.2) is 0 Å². The first-order valence-electron chi connectivity index (χ1n) is 7.04. The van der Waals surface area contributed by atoms with E-state index in [0.29, 0.717) is 0 Å². The molecule has 2 N–H and O–H groups in total. The van der Waals surface area contributed by atoms with Gasteiger partial charge in [-0.1, -0.05) is 0 Å². The van der Waals surface area contributed by atoms with Crippen LogP contribution in [-0.2, 0) is 19.3 Å². The molecule has 1 heterocycles. The fourth-order valence-corrected chi connectivity index (χ4v) is 2.98. The number of hydrogen-bond donors (Lipinski definition) is 2. The van der Waals surface area contributed by atoms with Gasteiger partial charge in [0.2, 0.25) is 0 Å². The summed E-state index contributed by atoms with van der Waals surface area (Å²) >= 11 is 0. The molecule has 0 aliphatic heterocycles. The molecule has 18 heavy (non-hydrogen) atoms. The number of aliphatic hydroxyl groups is 1. The highest BCUT2D eigenvalue weighted by atomic mass is 16.3. The van der Waals surface area contributed by atoms with Crippen molar-refractivity contribution < 1.29 is 5.11 Å². The van der Waals surface area contributed by atoms with Crippen LogP contribution in [-0.4, -0.2) is 16.2 Å². The van der Waals surface area contributed by atoms with E-state index in [4.69, 9.17) is 0 Å². The van der Waals surface area contributed by atoms with Gasteiger partial charge in [-0.15, -0.1) is 0 Å². The van der Waals surface area contributed by atoms with Gasteiger partial charge in [0.05, 0.1) is 6.10 Å². The zero-order valence-corrected chi connectivity index (χ0v) is 11.0. The summed E-state index contributed by atoms with van der Waals surface area (Å²) in [6, 6.07) is 4.70. The Balaban J connectivity index is 1.97. The van der Waals surface area contributed by atoms with Gasteiger partial charge < -0.3 is 10.1 Å². The van der Waals surface area contributed by atoms with E-state index in [1.54, 1.807) is 0 Å². The van der Waals surface area contributed by atoms with E-state index < -0.39 is 0 Å². The topological polar surface area (TPSA) is 36.0 Å². The van der Waals surface area contributed by atoms with Crippen LogP contribution in [0.5, 0.6) is 0 Å². The number of rotatable bonds is 3. The molecule has 1 aliphatic rings. The molecule has 0 amide bonds. The Morgan fingerprint density at radius 2 is 1.94 bits per heavy atom. The second-order valence-electron chi connectivity index (χ2n) is 5.58. The van der Waals surface area contributed by atoms with Crippen LogP contribution < -0.4 is 0 Å². The van der Waals surface area contributed by atoms with Crippen molar-refractivity contribution in [3.05, 3.63) is 35.0 Å². The number of benzene rings is 1. The summed E-state index contributed by atoms with van der Waals surface area (Å²) in [7, 11) is 0. The average molecular weight is 243 g/mol. The van der Waals surface area contributed by atoms with Gasteiger partial charge in [0.15, 0.2) is 0 Å². The summed E-state index contributed by atoms with van der Waals surface area (Å²) in [5, 5.41) is 10.8. The predicted octanol–water partition coefficient (Wildman–Crippen LogP) is 3.36. The first-order chi connectivity index (χ1) is 8.74. The summed E-state index contributed by atoms with van der Waals surface area (Å²) in [6.45, 7) is 1.86. The fourth-order valence-electron chi connectivity index (χ4n) is 2.98. The minimum Gasteiger partial charge on any atom is -0.393 e. The maximum absolute atomic E-state index is 9.41. The van der Waals surface area contributed by atoms with E-state index in [-0.39, 0.29) is 6.10 Å². The smallest absolute Gasteiger partial charge is 0.0515 e. The number of H-pyrrole nitrogens is 1. The first kappa shape index (κ1) is 11.8. The van der Waals surface area contributed by atoms with Crippen LogP contribution in [0.1, 0.15) is 42.9 Å². The molecule has 0 bridgehead atoms. The maximum atomic E-state index is 9.41. The molecular formula is C16H21NO. The number of fused-ring (bicyclic) bond motifs is 2. The lowest BCUT2D eigenvalue weighted by Crippen LogP contribution is -2.03. The first-order valence-corrected chi connectivity index (χ1v) is 7.04. The average Bonchev–Trinajstić information content (AvgIpc) is 2.76. The molecule has 96 valence electrons. The molecule has 1 aromatic heterocycles. The Morgan fingerprint density at radius 1 is 1.22 bits per heavy atom. The van der Waals surface area contributed by atoms with Crippen molar-refractivity contribution in [2.24, 2.45) is 0 Å². The van der Waals surface area contributed by atoms with Crippen molar-refractivity contribution >= 4 is 10.9 Å². The van der Waals surface area contributed by atoms with Gasteiger partial charge in [-0.2, -0.15) is 0 Å². The van der Waals surface area contributed by atoms with E-state index in [1.165, 1.54) is 53.3 Å². The Kier molecular flexibility index (Phi) is 3.13. The van der Waals surface area contributed by atoms with Gasteiger partial charge in [0.1, 0.15) is 0 Å². The third-order valence-electron chi connectivity index (χ3n) is 4.06. The minimum absolute atomic E-state index is 0.215. The normalized spacial score (nSPS) is 16.8. The number of nitrogens with one attached hydrogen (secondary N) is 1. The Labute approximate surface area is 108 Å². The molecule has 1 aromatic carbocycles. The number of hydrogen-bond acceptors (Lipinski definition) is 1. The zero-order valence-electron chi connectivity index (χ0n) is 11.0. The van der Waals surface area contributed by atoms with E-state index in [2.05, 4.69) is 23.3 Å². The SMILES string of the molecule is CC(O)CCc1c[nH]c2cc3c(cc12)CCCC3. The highest BCUT2D eigenvalue weighted by Gasteiger charge is 2.13. The molecular weight excluding hydrogens is 222 g/mol. The number of aryl methyl sites for hydroxylation is 3. The molecule has 2 aromatic rings. The largest absolute Gasteiger partial charge is 0.393 e. The molecule has 0 spiro atoms. The molecule has 0 saturated carbocycles. The molecule has 0 radical (unpaired) electrons. The van der Waals surface area contributed by atoms with Crippen LogP contribution >= 0.6 is 0 Å². The maximum Gasteiger partial charge on any atom is 0.0515 e. The van der Waals surface area contributed by atoms with Crippen molar-refractivity contribution in [1.29, 1.82) is 0 Å². The quantitative estimate of drug-likeness (QED) is 0.852. The molecule has 1 atom stereocenters. The minimum atomic E-state index is -0.215. The fraction of sp³-hybridized carbons (Fsp3) is 0.500. The van der Waals surface area contributed by atoms with Gasteiger partial charge in [0, 0.05) is 17.1 Å². The predicted molar refractivity (Wildman–Crippen MR) is 74.9 cm³/mol. The Morgan fingerprint density at radius 3 is 2.67 bits per heavy atom. The van der Waals surface area contributed by atoms with Gasteiger partial charge >= 0.3 is 0 Å². The highest BCUT2D eigenvalue weighted by molar-refractivity contribution is 5.85. The third-order valence-corrected chi connectivity index (χ3v) is 4.06. The zero-order chi connectivity index (χ0) is 12.5. The van der Waals surface area contributed by atoms with Crippen molar-refractivity contribution in [1.82, 2.24) is 4.98 Å². The van der Waals surface area contributed by atoms with Gasteiger partial charge in [-0.05, 0) is 74.3 Å². The van der Waals surface area contributed by atoms with Crippen molar-refractivity contribution in [3.8, 4) is 0 Å². The number of aromatic amines is 1. The lowest BCUT2D eigenvalue weighted by molar-refractivity contribution is 0.185. The Hall–Kier alpha value is -1.28. The molecule has 0 saturated heterocycles. The monoisotopic (exact) mass is 243 g/mol.